The van der Waals surface area contributed by atoms with Gasteiger partial charge in [0.1, 0.15) is 16.5 Å². The molecule has 33 heavy (non-hydrogen) atoms. The van der Waals surface area contributed by atoms with Gasteiger partial charge in [0.2, 0.25) is 5.13 Å². The number of unbranched alkanes of at least 4 members (excludes halogenated alkanes) is 1. The van der Waals surface area contributed by atoms with E-state index in [1.165, 1.54) is 16.2 Å². The molecule has 1 saturated heterocycles. The van der Waals surface area contributed by atoms with Gasteiger partial charge in [0, 0.05) is 10.0 Å². The van der Waals surface area contributed by atoms with Crippen molar-refractivity contribution in [1.82, 2.24) is 10.2 Å². The van der Waals surface area contributed by atoms with Crippen LogP contribution < -0.4 is 9.64 Å². The van der Waals surface area contributed by atoms with E-state index < -0.39 is 17.7 Å². The number of aliphatic hydroxyl groups is 1. The molecule has 1 aromatic heterocycles. The number of amides is 1. The molecule has 1 amide bonds. The summed E-state index contributed by atoms with van der Waals surface area (Å²) in [5, 5.41) is 20.2. The molecular weight excluding hydrogens is 506 g/mol. The Morgan fingerprint density at radius 1 is 1.18 bits per heavy atom. The number of aromatic nitrogens is 2. The maximum absolute atomic E-state index is 13.1. The summed E-state index contributed by atoms with van der Waals surface area (Å²) in [5.41, 5.74) is 1.09. The van der Waals surface area contributed by atoms with Crippen LogP contribution in [0.3, 0.4) is 0 Å². The lowest BCUT2D eigenvalue weighted by Crippen LogP contribution is -2.29. The lowest BCUT2D eigenvalue weighted by molar-refractivity contribution is -0.132. The molecule has 170 valence electrons. The standard InChI is InChI=1S/C24H22BrN3O4S/c1-3-4-12-32-18-10-8-15(9-11-18)21(29)19-20(16-6-5-7-17(25)13-16)28(23(31)22(19)30)24-27-26-14(2)33-24/h5-11,13,20,29H,3-4,12H2,1-2H3/b21-19-. The highest BCUT2D eigenvalue weighted by Gasteiger charge is 2.48. The fraction of sp³-hybridized carbons (Fsp3) is 0.250. The third-order valence-corrected chi connectivity index (χ3v) is 6.56. The maximum Gasteiger partial charge on any atom is 0.301 e. The van der Waals surface area contributed by atoms with Crippen molar-refractivity contribution in [2.45, 2.75) is 32.7 Å². The van der Waals surface area contributed by atoms with Crippen LogP contribution in [-0.4, -0.2) is 33.6 Å². The molecular formula is C24H22BrN3O4S. The van der Waals surface area contributed by atoms with Gasteiger partial charge in [-0.15, -0.1) is 10.2 Å². The molecule has 1 aliphatic rings. The number of anilines is 1. The third-order valence-electron chi connectivity index (χ3n) is 5.22. The Kier molecular flexibility index (Phi) is 6.90. The maximum atomic E-state index is 13.1. The van der Waals surface area contributed by atoms with Gasteiger partial charge in [0.05, 0.1) is 18.2 Å². The zero-order valence-corrected chi connectivity index (χ0v) is 20.5. The lowest BCUT2D eigenvalue weighted by atomic mass is 9.95. The molecule has 4 rings (SSSR count). The molecule has 1 aliphatic heterocycles. The van der Waals surface area contributed by atoms with Crippen molar-refractivity contribution in [3.8, 4) is 5.75 Å². The fourth-order valence-electron chi connectivity index (χ4n) is 3.60. The quantitative estimate of drug-likeness (QED) is 0.191. The van der Waals surface area contributed by atoms with Gasteiger partial charge in [-0.2, -0.15) is 0 Å². The topological polar surface area (TPSA) is 92.6 Å². The van der Waals surface area contributed by atoms with Crippen LogP contribution in [0.4, 0.5) is 5.13 Å². The number of carbonyl (C=O) groups is 2. The Hall–Kier alpha value is -3.04. The Morgan fingerprint density at radius 3 is 2.58 bits per heavy atom. The van der Waals surface area contributed by atoms with E-state index in [4.69, 9.17) is 4.74 Å². The highest BCUT2D eigenvalue weighted by molar-refractivity contribution is 9.10. The number of hydrogen-bond donors (Lipinski definition) is 1. The minimum absolute atomic E-state index is 0.00519. The number of ketones is 1. The van der Waals surface area contributed by atoms with E-state index in [0.717, 1.165) is 17.3 Å². The van der Waals surface area contributed by atoms with Crippen molar-refractivity contribution < 1.29 is 19.4 Å². The van der Waals surface area contributed by atoms with Crippen LogP contribution in [0.1, 0.15) is 41.9 Å². The van der Waals surface area contributed by atoms with Crippen LogP contribution in [0.5, 0.6) is 5.75 Å². The van der Waals surface area contributed by atoms with Gasteiger partial charge in [-0.25, -0.2) is 0 Å². The van der Waals surface area contributed by atoms with E-state index in [1.54, 1.807) is 37.3 Å². The van der Waals surface area contributed by atoms with E-state index in [0.29, 0.717) is 33.6 Å². The molecule has 0 bridgehead atoms. The molecule has 9 heteroatoms. The van der Waals surface area contributed by atoms with Crippen LogP contribution in [0.25, 0.3) is 5.76 Å². The summed E-state index contributed by atoms with van der Waals surface area (Å²) in [6, 6.07) is 13.3. The molecule has 2 aromatic carbocycles. The second-order valence-electron chi connectivity index (χ2n) is 7.55. The van der Waals surface area contributed by atoms with Crippen molar-refractivity contribution in [1.29, 1.82) is 0 Å². The van der Waals surface area contributed by atoms with E-state index in [-0.39, 0.29) is 11.3 Å². The van der Waals surface area contributed by atoms with Gasteiger partial charge in [0.15, 0.2) is 0 Å². The number of aliphatic hydroxyl groups excluding tert-OH is 1. The largest absolute Gasteiger partial charge is 0.507 e. The van der Waals surface area contributed by atoms with Crippen molar-refractivity contribution in [3.63, 3.8) is 0 Å². The molecule has 0 aliphatic carbocycles. The molecule has 2 heterocycles. The van der Waals surface area contributed by atoms with Crippen molar-refractivity contribution in [2.75, 3.05) is 11.5 Å². The summed E-state index contributed by atoms with van der Waals surface area (Å²) in [7, 11) is 0. The van der Waals surface area contributed by atoms with Crippen LogP contribution in [0.15, 0.2) is 58.6 Å². The van der Waals surface area contributed by atoms with Crippen LogP contribution in [0.2, 0.25) is 0 Å². The zero-order valence-electron chi connectivity index (χ0n) is 18.1. The Labute approximate surface area is 203 Å². The highest BCUT2D eigenvalue weighted by atomic mass is 79.9. The lowest BCUT2D eigenvalue weighted by Gasteiger charge is -2.22. The monoisotopic (exact) mass is 527 g/mol. The average molecular weight is 528 g/mol. The van der Waals surface area contributed by atoms with E-state index in [2.05, 4.69) is 33.1 Å². The fourth-order valence-corrected chi connectivity index (χ4v) is 4.74. The molecule has 1 unspecified atom stereocenters. The molecule has 1 fully saturated rings. The first-order valence-electron chi connectivity index (χ1n) is 10.5. The minimum Gasteiger partial charge on any atom is -0.507 e. The number of Topliss-reactive ketones (excluding diaryl/α,β-unsaturated/α-hetero) is 1. The van der Waals surface area contributed by atoms with Gasteiger partial charge < -0.3 is 9.84 Å². The van der Waals surface area contributed by atoms with Crippen molar-refractivity contribution >= 4 is 49.8 Å². The average Bonchev–Trinajstić information content (AvgIpc) is 3.34. The Bertz CT molecular complexity index is 1220. The summed E-state index contributed by atoms with van der Waals surface area (Å²) < 4.78 is 6.46. The molecule has 3 aromatic rings. The van der Waals surface area contributed by atoms with Crippen LogP contribution in [0, 0.1) is 6.92 Å². The number of aryl methyl sites for hydroxylation is 1. The van der Waals surface area contributed by atoms with E-state index in [1.807, 2.05) is 18.2 Å². The normalized spacial score (nSPS) is 17.5. The second kappa shape index (κ2) is 9.84. The van der Waals surface area contributed by atoms with Crippen LogP contribution in [-0.2, 0) is 9.59 Å². The Morgan fingerprint density at radius 2 is 1.94 bits per heavy atom. The van der Waals surface area contributed by atoms with E-state index in [9.17, 15) is 14.7 Å². The number of rotatable bonds is 7. The summed E-state index contributed by atoms with van der Waals surface area (Å²) in [5.74, 6) is -1.10. The van der Waals surface area contributed by atoms with Gasteiger partial charge >= 0.3 is 5.91 Å². The zero-order chi connectivity index (χ0) is 23.5. The van der Waals surface area contributed by atoms with Gasteiger partial charge in [-0.05, 0) is 55.3 Å². The van der Waals surface area contributed by atoms with Crippen molar-refractivity contribution in [2.24, 2.45) is 0 Å². The molecule has 7 nitrogen and oxygen atoms in total. The van der Waals surface area contributed by atoms with Crippen molar-refractivity contribution in [3.05, 3.63) is 74.7 Å². The minimum atomic E-state index is -0.838. The second-order valence-corrected chi connectivity index (χ2v) is 9.63. The molecule has 1 atom stereocenters. The van der Waals surface area contributed by atoms with Gasteiger partial charge in [-0.3, -0.25) is 14.5 Å². The third kappa shape index (κ3) is 4.69. The number of ether oxygens (including phenoxy) is 1. The first-order chi connectivity index (χ1) is 15.9. The summed E-state index contributed by atoms with van der Waals surface area (Å²) in [4.78, 5) is 27.5. The predicted molar refractivity (Wildman–Crippen MR) is 130 cm³/mol. The number of halogens is 1. The number of nitrogens with zero attached hydrogens (tertiary/aromatic N) is 3. The summed E-state index contributed by atoms with van der Waals surface area (Å²) in [6.45, 7) is 4.47. The molecule has 0 saturated carbocycles. The van der Waals surface area contributed by atoms with E-state index >= 15 is 0 Å². The van der Waals surface area contributed by atoms with Gasteiger partial charge in [0.25, 0.3) is 5.78 Å². The molecule has 0 spiro atoms. The smallest absolute Gasteiger partial charge is 0.301 e. The van der Waals surface area contributed by atoms with Gasteiger partial charge in [-0.1, -0.05) is 52.7 Å². The predicted octanol–water partition coefficient (Wildman–Crippen LogP) is 5.41. The van der Waals surface area contributed by atoms with Crippen LogP contribution >= 0.6 is 27.3 Å². The Balaban J connectivity index is 1.79. The summed E-state index contributed by atoms with van der Waals surface area (Å²) in [6.07, 6.45) is 1.98. The SMILES string of the molecule is CCCCOc1ccc(/C(O)=C2/C(=O)C(=O)N(c3nnc(C)s3)C2c2cccc(Br)c2)cc1. The first kappa shape index (κ1) is 23.1. The summed E-state index contributed by atoms with van der Waals surface area (Å²) >= 11 is 4.66. The molecule has 0 radical (unpaired) electrons. The first-order valence-corrected chi connectivity index (χ1v) is 12.1. The number of benzene rings is 2. The molecule has 1 N–H and O–H groups in total. The number of hydrogen-bond acceptors (Lipinski definition) is 7. The highest BCUT2D eigenvalue weighted by Crippen LogP contribution is 2.43. The number of carbonyl (C=O) groups excluding carboxylic acids is 2.